The van der Waals surface area contributed by atoms with Crippen LogP contribution in [0, 0.1) is 0 Å². The van der Waals surface area contributed by atoms with Crippen molar-refractivity contribution >= 4 is 31.3 Å². The molecule has 5 rings (SSSR count). The molecule has 4 heterocycles. The van der Waals surface area contributed by atoms with E-state index in [0.29, 0.717) is 22.3 Å². The van der Waals surface area contributed by atoms with Crippen molar-refractivity contribution in [3.63, 3.8) is 0 Å². The predicted molar refractivity (Wildman–Crippen MR) is 125 cm³/mol. The van der Waals surface area contributed by atoms with Crippen LogP contribution in [-0.4, -0.2) is 38.8 Å². The second-order valence-electron chi connectivity index (χ2n) is 9.14. The molecule has 3 aromatic rings. The number of carbonyl (C=O) groups excluding carboxylic acids is 1. The van der Waals surface area contributed by atoms with E-state index in [9.17, 15) is 24.6 Å². The molecule has 1 aromatic carbocycles. The second-order valence-corrected chi connectivity index (χ2v) is 12.8. The van der Waals surface area contributed by atoms with Crippen molar-refractivity contribution in [3.05, 3.63) is 62.6 Å². The summed E-state index contributed by atoms with van der Waals surface area (Å²) in [5.74, 6) is -0.674. The molecule has 0 amide bonds. The zero-order chi connectivity index (χ0) is 23.7. The van der Waals surface area contributed by atoms with E-state index in [2.05, 4.69) is 0 Å². The molecule has 0 saturated carbocycles. The zero-order valence-corrected chi connectivity index (χ0v) is 19.5. The van der Waals surface area contributed by atoms with Crippen LogP contribution in [0.3, 0.4) is 0 Å². The first-order valence-electron chi connectivity index (χ1n) is 10.8. The number of aromatic hydroxyl groups is 1. The molecule has 0 radical (unpaired) electrons. The van der Waals surface area contributed by atoms with Gasteiger partial charge in [-0.2, -0.15) is 0 Å². The Morgan fingerprint density at radius 3 is 2.70 bits per heavy atom. The quantitative estimate of drug-likeness (QED) is 0.315. The SMILES string of the molecule is CC[C@@]1(O)C(=O)OCc2c1cc1n(c2=O)Cc2c-1nc1ccc(O)cc1c2/C=C/[Si](C)(C)O. The largest absolute Gasteiger partial charge is 0.508 e. The van der Waals surface area contributed by atoms with Crippen LogP contribution in [0.1, 0.15) is 35.6 Å². The van der Waals surface area contributed by atoms with Crippen molar-refractivity contribution in [3.8, 4) is 17.1 Å². The van der Waals surface area contributed by atoms with Crippen LogP contribution in [-0.2, 0) is 28.3 Å². The van der Waals surface area contributed by atoms with E-state index in [1.807, 2.05) is 6.08 Å². The minimum atomic E-state index is -2.54. The molecule has 0 spiro atoms. The standard InChI is InChI=1S/C24H24N2O6Si/c1-4-24(30)18-10-20-21-16(11-26(20)22(28)17(18)12-32-23(24)29)14(7-8-33(2,3)31)15-9-13(27)5-6-19(15)25-21/h5-10,27,30-31H,4,11-12H2,1-3H3/b8-7+/t24-/m0/s1. The summed E-state index contributed by atoms with van der Waals surface area (Å²) in [5, 5.41) is 21.8. The zero-order valence-electron chi connectivity index (χ0n) is 18.5. The van der Waals surface area contributed by atoms with Gasteiger partial charge in [0.25, 0.3) is 5.56 Å². The average Bonchev–Trinajstić information content (AvgIpc) is 3.12. The topological polar surface area (TPSA) is 122 Å². The minimum Gasteiger partial charge on any atom is -0.508 e. The van der Waals surface area contributed by atoms with Gasteiger partial charge >= 0.3 is 5.97 Å². The Hall–Kier alpha value is -3.27. The molecule has 170 valence electrons. The molecule has 2 aromatic heterocycles. The van der Waals surface area contributed by atoms with Gasteiger partial charge in [0.15, 0.2) is 5.60 Å². The summed E-state index contributed by atoms with van der Waals surface area (Å²) >= 11 is 0. The molecule has 0 saturated heterocycles. The average molecular weight is 465 g/mol. The van der Waals surface area contributed by atoms with Crippen molar-refractivity contribution in [1.82, 2.24) is 9.55 Å². The van der Waals surface area contributed by atoms with Crippen molar-refractivity contribution in [2.75, 3.05) is 0 Å². The summed E-state index contributed by atoms with van der Waals surface area (Å²) in [5.41, 5.74) is 3.33. The van der Waals surface area contributed by atoms with E-state index in [1.54, 1.807) is 54.5 Å². The van der Waals surface area contributed by atoms with Crippen LogP contribution in [0.15, 0.2) is 34.8 Å². The normalized spacial score (nSPS) is 19.5. The van der Waals surface area contributed by atoms with E-state index in [0.717, 1.165) is 11.1 Å². The van der Waals surface area contributed by atoms with Gasteiger partial charge in [0.2, 0.25) is 8.32 Å². The van der Waals surface area contributed by atoms with Gasteiger partial charge in [0, 0.05) is 16.5 Å². The number of hydrogen-bond donors (Lipinski definition) is 3. The minimum absolute atomic E-state index is 0.0726. The molecular weight excluding hydrogens is 440 g/mol. The fourth-order valence-corrected chi connectivity index (χ4v) is 5.15. The van der Waals surface area contributed by atoms with E-state index < -0.39 is 19.9 Å². The maximum Gasteiger partial charge on any atom is 0.343 e. The smallest absolute Gasteiger partial charge is 0.343 e. The number of pyridine rings is 2. The number of cyclic esters (lactones) is 1. The number of ether oxygens (including phenoxy) is 1. The second kappa shape index (κ2) is 7.11. The Balaban J connectivity index is 1.82. The molecule has 0 unspecified atom stereocenters. The van der Waals surface area contributed by atoms with Gasteiger partial charge in [0.05, 0.1) is 29.0 Å². The predicted octanol–water partition coefficient (Wildman–Crippen LogP) is 2.54. The van der Waals surface area contributed by atoms with Crippen LogP contribution >= 0.6 is 0 Å². The summed E-state index contributed by atoms with van der Waals surface area (Å²) in [4.78, 5) is 40.9. The highest BCUT2D eigenvalue weighted by atomic mass is 28.4. The molecule has 0 aliphatic carbocycles. The molecule has 1 atom stereocenters. The Kier molecular flexibility index (Phi) is 4.65. The van der Waals surface area contributed by atoms with Crippen LogP contribution in [0.5, 0.6) is 5.75 Å². The highest BCUT2D eigenvalue weighted by molar-refractivity contribution is 6.75. The van der Waals surface area contributed by atoms with Crippen LogP contribution in [0.2, 0.25) is 13.1 Å². The summed E-state index contributed by atoms with van der Waals surface area (Å²) in [6.07, 6.45) is 1.91. The first-order chi connectivity index (χ1) is 15.5. The maximum atomic E-state index is 13.4. The number of phenols is 1. The summed E-state index contributed by atoms with van der Waals surface area (Å²) in [6, 6.07) is 6.53. The molecule has 3 N–H and O–H groups in total. The lowest BCUT2D eigenvalue weighted by molar-refractivity contribution is -0.172. The van der Waals surface area contributed by atoms with Crippen molar-refractivity contribution in [1.29, 1.82) is 0 Å². The molecular formula is C24H24N2O6Si. The van der Waals surface area contributed by atoms with Crippen LogP contribution in [0.4, 0.5) is 0 Å². The number of hydrogen-bond acceptors (Lipinski definition) is 7. The molecule has 9 heteroatoms. The molecule has 2 aliphatic heterocycles. The molecule has 8 nitrogen and oxygen atoms in total. The number of benzene rings is 1. The Labute approximate surface area is 190 Å². The lowest BCUT2D eigenvalue weighted by Gasteiger charge is -2.31. The Morgan fingerprint density at radius 1 is 1.24 bits per heavy atom. The van der Waals surface area contributed by atoms with Crippen molar-refractivity contribution in [2.24, 2.45) is 0 Å². The van der Waals surface area contributed by atoms with Gasteiger partial charge in [-0.1, -0.05) is 18.7 Å². The van der Waals surface area contributed by atoms with Gasteiger partial charge in [-0.3, -0.25) is 4.79 Å². The number of rotatable bonds is 3. The Morgan fingerprint density at radius 2 is 2.00 bits per heavy atom. The third kappa shape index (κ3) is 3.23. The van der Waals surface area contributed by atoms with E-state index in [1.165, 1.54) is 0 Å². The molecule has 0 bridgehead atoms. The third-order valence-electron chi connectivity index (χ3n) is 6.37. The van der Waals surface area contributed by atoms with Crippen LogP contribution in [0.25, 0.3) is 28.4 Å². The Bertz CT molecular complexity index is 1440. The highest BCUT2D eigenvalue weighted by Crippen LogP contribution is 2.41. The summed E-state index contributed by atoms with van der Waals surface area (Å²) in [7, 11) is -2.54. The number of phenolic OH excluding ortho intramolecular Hbond substituents is 1. The van der Waals surface area contributed by atoms with Gasteiger partial charge in [-0.25, -0.2) is 9.78 Å². The molecule has 2 aliphatic rings. The first-order valence-corrected chi connectivity index (χ1v) is 13.8. The monoisotopic (exact) mass is 464 g/mol. The van der Waals surface area contributed by atoms with Gasteiger partial charge in [-0.05, 0) is 49.3 Å². The fourth-order valence-electron chi connectivity index (χ4n) is 4.58. The number of aliphatic hydroxyl groups is 1. The number of nitrogens with zero attached hydrogens (tertiary/aromatic N) is 2. The maximum absolute atomic E-state index is 13.4. The van der Waals surface area contributed by atoms with Crippen LogP contribution < -0.4 is 5.56 Å². The number of esters is 1. The number of fused-ring (bicyclic) bond motifs is 5. The summed E-state index contributed by atoms with van der Waals surface area (Å²) < 4.78 is 6.70. The van der Waals surface area contributed by atoms with Gasteiger partial charge in [-0.15, -0.1) is 0 Å². The number of carbonyl (C=O) groups is 1. The first kappa shape index (κ1) is 21.6. The third-order valence-corrected chi connectivity index (χ3v) is 7.36. The molecule has 33 heavy (non-hydrogen) atoms. The van der Waals surface area contributed by atoms with Gasteiger partial charge < -0.3 is 24.3 Å². The van der Waals surface area contributed by atoms with E-state index in [-0.39, 0.29) is 42.0 Å². The fraction of sp³-hybridized carbons (Fsp3) is 0.292. The number of aromatic nitrogens is 2. The lowest BCUT2D eigenvalue weighted by Crippen LogP contribution is -2.44. The highest BCUT2D eigenvalue weighted by Gasteiger charge is 2.45. The summed E-state index contributed by atoms with van der Waals surface area (Å²) in [6.45, 7) is 5.30. The van der Waals surface area contributed by atoms with Crippen molar-refractivity contribution in [2.45, 2.75) is 45.2 Å². The van der Waals surface area contributed by atoms with Gasteiger partial charge in [0.1, 0.15) is 12.4 Å². The molecule has 0 fully saturated rings. The van der Waals surface area contributed by atoms with Crippen molar-refractivity contribution < 1.29 is 24.5 Å². The van der Waals surface area contributed by atoms with E-state index >= 15 is 0 Å². The van der Waals surface area contributed by atoms with E-state index in [4.69, 9.17) is 9.72 Å². The lowest BCUT2D eigenvalue weighted by atomic mass is 9.86.